The van der Waals surface area contributed by atoms with E-state index < -0.39 is 66.5 Å². The summed E-state index contributed by atoms with van der Waals surface area (Å²) >= 11 is 1.30. The lowest BCUT2D eigenvalue weighted by atomic mass is 9.74. The Hall–Kier alpha value is -3.99. The number of epoxide rings is 1. The number of thiazole rings is 1. The smallest absolute Gasteiger partial charge is 0.410 e. The number of Topliss-reactive ketones (excluding diaryl/α,β-unsaturated/α-hetero) is 1. The standard InChI is InChI=1S/C40H55N3O12S/c1-23(29-17-31-40(5,55-31)15-7-6-8-28(44)24(2)36(49)39(3,4)30(45)18-35(48)54-29)16-27-21-56-32(42-27)19-41-38(51)53-22-52-37(50)26-11-9-25(10-12-26)20-43-33(46)13-14-34(43)47/h13-14,16,21,24-26,28-31,44-45H,6-12,15,17-20,22H2,1-5H3,(H,41,51)/b23-16+/t24-,25?,26?,28+,29+,30+,31+,40-/m1/s1. The first-order chi connectivity index (χ1) is 26.5. The predicted molar refractivity (Wildman–Crippen MR) is 202 cm³/mol. The van der Waals surface area contributed by atoms with Gasteiger partial charge in [-0.2, -0.15) is 0 Å². The van der Waals surface area contributed by atoms with Crippen molar-refractivity contribution >= 4 is 53.0 Å². The quantitative estimate of drug-likeness (QED) is 0.137. The van der Waals surface area contributed by atoms with Gasteiger partial charge in [0.1, 0.15) is 16.9 Å². The number of amides is 3. The van der Waals surface area contributed by atoms with Crippen LogP contribution in [-0.4, -0.2) is 99.1 Å². The third kappa shape index (κ3) is 11.1. The number of alkyl carbamates (subject to hydrolysis) is 1. The molecule has 3 aliphatic heterocycles. The van der Waals surface area contributed by atoms with Crippen molar-refractivity contribution in [3.05, 3.63) is 33.8 Å². The fraction of sp³-hybridized carbons (Fsp3) is 0.675. The van der Waals surface area contributed by atoms with Gasteiger partial charge in [-0.25, -0.2) is 9.78 Å². The number of aliphatic hydroxyl groups excluding tert-OH is 2. The first-order valence-corrected chi connectivity index (χ1v) is 20.4. The van der Waals surface area contributed by atoms with Gasteiger partial charge < -0.3 is 34.5 Å². The summed E-state index contributed by atoms with van der Waals surface area (Å²) < 4.78 is 22.2. The maximum absolute atomic E-state index is 13.3. The van der Waals surface area contributed by atoms with Crippen LogP contribution in [0.5, 0.6) is 0 Å². The molecule has 1 saturated carbocycles. The third-order valence-corrected chi connectivity index (χ3v) is 12.6. The van der Waals surface area contributed by atoms with Crippen molar-refractivity contribution in [1.82, 2.24) is 15.2 Å². The zero-order chi connectivity index (χ0) is 40.8. The van der Waals surface area contributed by atoms with Gasteiger partial charge in [0.2, 0.25) is 6.79 Å². The molecule has 0 spiro atoms. The Morgan fingerprint density at radius 2 is 1.73 bits per heavy atom. The number of carbonyl (C=O) groups excluding carboxylic acids is 6. The fourth-order valence-electron chi connectivity index (χ4n) is 7.66. The van der Waals surface area contributed by atoms with E-state index in [9.17, 15) is 39.0 Å². The van der Waals surface area contributed by atoms with Gasteiger partial charge in [0.15, 0.2) is 0 Å². The number of rotatable bonds is 9. The number of fused-ring (bicyclic) bond motifs is 1. The number of esters is 2. The second-order valence-electron chi connectivity index (χ2n) is 16.3. The van der Waals surface area contributed by atoms with Crippen LogP contribution in [0, 0.1) is 23.2 Å². The molecular formula is C40H55N3O12S. The Bertz CT molecular complexity index is 1680. The van der Waals surface area contributed by atoms with E-state index in [4.69, 9.17) is 18.9 Å². The van der Waals surface area contributed by atoms with Crippen LogP contribution in [0.2, 0.25) is 0 Å². The highest BCUT2D eigenvalue weighted by Gasteiger charge is 2.53. The molecule has 0 aromatic carbocycles. The van der Waals surface area contributed by atoms with Crippen molar-refractivity contribution in [2.24, 2.45) is 23.2 Å². The second kappa shape index (κ2) is 18.5. The molecule has 5 rings (SSSR count). The van der Waals surface area contributed by atoms with E-state index in [1.807, 2.05) is 13.8 Å². The predicted octanol–water partition coefficient (Wildman–Crippen LogP) is 4.38. The summed E-state index contributed by atoms with van der Waals surface area (Å²) in [6.45, 7) is 8.49. The first kappa shape index (κ1) is 43.1. The maximum atomic E-state index is 13.3. The minimum Gasteiger partial charge on any atom is -0.458 e. The van der Waals surface area contributed by atoms with Gasteiger partial charge in [0, 0.05) is 36.4 Å². The van der Waals surface area contributed by atoms with Crippen LogP contribution in [0.4, 0.5) is 4.79 Å². The molecule has 16 heteroatoms. The molecule has 15 nitrogen and oxygen atoms in total. The minimum atomic E-state index is -1.32. The van der Waals surface area contributed by atoms with Crippen molar-refractivity contribution in [3.63, 3.8) is 0 Å². The molecule has 1 aromatic heterocycles. The summed E-state index contributed by atoms with van der Waals surface area (Å²) in [6, 6.07) is 0. The van der Waals surface area contributed by atoms with Crippen LogP contribution in [0.1, 0.15) is 110 Å². The number of ketones is 1. The van der Waals surface area contributed by atoms with E-state index in [1.54, 1.807) is 32.2 Å². The van der Waals surface area contributed by atoms with Crippen molar-refractivity contribution in [1.29, 1.82) is 0 Å². The van der Waals surface area contributed by atoms with Crippen LogP contribution < -0.4 is 5.32 Å². The fourth-order valence-corrected chi connectivity index (χ4v) is 8.35. The van der Waals surface area contributed by atoms with Gasteiger partial charge in [-0.3, -0.25) is 28.9 Å². The average molecular weight is 802 g/mol. The van der Waals surface area contributed by atoms with Gasteiger partial charge >= 0.3 is 18.0 Å². The molecule has 6 atom stereocenters. The molecular weight excluding hydrogens is 747 g/mol. The van der Waals surface area contributed by atoms with Gasteiger partial charge in [-0.1, -0.05) is 33.6 Å². The molecule has 4 heterocycles. The summed E-state index contributed by atoms with van der Waals surface area (Å²) in [4.78, 5) is 80.8. The molecule has 56 heavy (non-hydrogen) atoms. The Morgan fingerprint density at radius 3 is 2.43 bits per heavy atom. The van der Waals surface area contributed by atoms with E-state index in [1.165, 1.54) is 28.4 Å². The lowest BCUT2D eigenvalue weighted by Gasteiger charge is -2.33. The van der Waals surface area contributed by atoms with Crippen LogP contribution in [0.15, 0.2) is 23.1 Å². The highest BCUT2D eigenvalue weighted by Crippen LogP contribution is 2.45. The van der Waals surface area contributed by atoms with Crippen molar-refractivity contribution < 1.29 is 57.9 Å². The number of carbonyl (C=O) groups is 6. The lowest BCUT2D eigenvalue weighted by Crippen LogP contribution is -2.44. The Morgan fingerprint density at radius 1 is 1.04 bits per heavy atom. The number of aromatic nitrogens is 1. The van der Waals surface area contributed by atoms with Gasteiger partial charge in [0.25, 0.3) is 11.8 Å². The number of ether oxygens (including phenoxy) is 4. The number of aliphatic hydroxyl groups is 2. The number of nitrogens with one attached hydrogen (secondary N) is 1. The topological polar surface area (TPSA) is 211 Å². The molecule has 308 valence electrons. The van der Waals surface area contributed by atoms with Gasteiger partial charge in [0.05, 0.1) is 53.9 Å². The molecule has 2 saturated heterocycles. The second-order valence-corrected chi connectivity index (χ2v) is 17.2. The number of cyclic esters (lactones) is 1. The number of imide groups is 1. The van der Waals surface area contributed by atoms with E-state index in [0.717, 1.165) is 12.8 Å². The molecule has 4 aliphatic rings. The maximum Gasteiger partial charge on any atom is 0.410 e. The van der Waals surface area contributed by atoms with Crippen molar-refractivity contribution in [2.45, 2.75) is 135 Å². The van der Waals surface area contributed by atoms with Crippen LogP contribution in [0.25, 0.3) is 6.08 Å². The number of nitrogens with zero attached hydrogens (tertiary/aromatic N) is 2. The van der Waals surface area contributed by atoms with E-state index >= 15 is 0 Å². The summed E-state index contributed by atoms with van der Waals surface area (Å²) in [5.41, 5.74) is -0.399. The van der Waals surface area contributed by atoms with Gasteiger partial charge in [-0.15, -0.1) is 11.3 Å². The summed E-state index contributed by atoms with van der Waals surface area (Å²) in [5.74, 6) is -3.01. The lowest BCUT2D eigenvalue weighted by molar-refractivity contribution is -0.159. The first-order valence-electron chi connectivity index (χ1n) is 19.5. The molecule has 1 aliphatic carbocycles. The zero-order valence-electron chi connectivity index (χ0n) is 32.8. The van der Waals surface area contributed by atoms with E-state index in [0.29, 0.717) is 67.8 Å². The molecule has 3 amide bonds. The molecule has 3 N–H and O–H groups in total. The van der Waals surface area contributed by atoms with Crippen molar-refractivity contribution in [2.75, 3.05) is 13.3 Å². The molecule has 0 radical (unpaired) electrons. The zero-order valence-corrected chi connectivity index (χ0v) is 33.6. The molecule has 1 aromatic rings. The summed E-state index contributed by atoms with van der Waals surface area (Å²) in [7, 11) is 0. The Kier molecular flexibility index (Phi) is 14.3. The summed E-state index contributed by atoms with van der Waals surface area (Å²) in [6.07, 6.45) is 5.63. The van der Waals surface area contributed by atoms with E-state index in [2.05, 4.69) is 10.3 Å². The van der Waals surface area contributed by atoms with Crippen LogP contribution >= 0.6 is 11.3 Å². The molecule has 0 bridgehead atoms. The monoisotopic (exact) mass is 801 g/mol. The average Bonchev–Trinajstić information content (AvgIpc) is 3.40. The minimum absolute atomic E-state index is 0.0562. The highest BCUT2D eigenvalue weighted by atomic mass is 32.1. The van der Waals surface area contributed by atoms with Crippen molar-refractivity contribution in [3.8, 4) is 0 Å². The largest absolute Gasteiger partial charge is 0.458 e. The molecule has 3 fully saturated rings. The normalized spacial score (nSPS) is 31.7. The number of hydrogen-bond donors (Lipinski definition) is 3. The number of hydrogen-bond acceptors (Lipinski definition) is 14. The molecule has 0 unspecified atom stereocenters. The SMILES string of the molecule is C/C(=C\c1csc(CNC(=O)OCOC(=O)C2CCC(CN3C(=O)C=CC3=O)CC2)n1)[C@@H]1C[C@@H]2O[C@]2(C)CCCC[C@H](O)[C@@H](C)C(=O)C(C)(C)[C@@H](O)CC(=O)O1. The van der Waals surface area contributed by atoms with E-state index in [-0.39, 0.29) is 42.1 Å². The van der Waals surface area contributed by atoms with Gasteiger partial charge in [-0.05, 0) is 69.9 Å². The van der Waals surface area contributed by atoms with Crippen LogP contribution in [-0.2, 0) is 49.5 Å². The third-order valence-electron chi connectivity index (χ3n) is 11.7. The Balaban J connectivity index is 1.09. The summed E-state index contributed by atoms with van der Waals surface area (Å²) in [5, 5.41) is 26.6. The Labute approximate surface area is 331 Å². The van der Waals surface area contributed by atoms with Crippen LogP contribution in [0.3, 0.4) is 0 Å². The highest BCUT2D eigenvalue weighted by molar-refractivity contribution is 7.09.